The van der Waals surface area contributed by atoms with Crippen LogP contribution >= 0.6 is 15.9 Å². The lowest BCUT2D eigenvalue weighted by Crippen LogP contribution is -2.13. The third-order valence-electron chi connectivity index (χ3n) is 2.54. The average molecular weight is 253 g/mol. The maximum Gasteiger partial charge on any atom is 0.105 e. The number of hydrazone groups is 1. The molecule has 2 rings (SSSR count). The van der Waals surface area contributed by atoms with Gasteiger partial charge in [0.2, 0.25) is 0 Å². The normalized spacial score (nSPS) is 21.2. The van der Waals surface area contributed by atoms with Crippen molar-refractivity contribution in [1.82, 2.24) is 5.01 Å². The number of benzene rings is 1. The lowest BCUT2D eigenvalue weighted by Gasteiger charge is -2.18. The van der Waals surface area contributed by atoms with Crippen molar-refractivity contribution >= 4 is 20.6 Å². The van der Waals surface area contributed by atoms with Crippen LogP contribution in [0.2, 0.25) is 0 Å². The topological polar surface area (TPSA) is 15.6 Å². The van der Waals surface area contributed by atoms with Gasteiger partial charge in [0.1, 0.15) is 4.62 Å². The lowest BCUT2D eigenvalue weighted by molar-refractivity contribution is 0.290. The van der Waals surface area contributed by atoms with Crippen LogP contribution in [0.5, 0.6) is 0 Å². The zero-order valence-electron chi connectivity index (χ0n) is 8.37. The lowest BCUT2D eigenvalue weighted by atomic mass is 10.0. The zero-order valence-corrected chi connectivity index (χ0v) is 9.95. The molecule has 0 bridgehead atoms. The average Bonchev–Trinajstić information content (AvgIpc) is 2.47. The fraction of sp³-hybridized carbons (Fsp3) is 0.364. The summed E-state index contributed by atoms with van der Waals surface area (Å²) >= 11 is 3.44. The standard InChI is InChI=1S/C11H13BrN2/c1-8-3-5-9(6-4-8)10-7-11(12)13-14(10)2/h3-6,10H,7H2,1-2H3. The highest BCUT2D eigenvalue weighted by atomic mass is 79.9. The molecule has 0 fully saturated rings. The van der Waals surface area contributed by atoms with E-state index in [2.05, 4.69) is 52.2 Å². The predicted octanol–water partition coefficient (Wildman–Crippen LogP) is 3.08. The van der Waals surface area contributed by atoms with Gasteiger partial charge in [0, 0.05) is 13.5 Å². The summed E-state index contributed by atoms with van der Waals surface area (Å²) in [5, 5.41) is 6.34. The molecule has 1 heterocycles. The second-order valence-corrected chi connectivity index (χ2v) is 4.60. The molecule has 3 heteroatoms. The molecule has 1 atom stereocenters. The quantitative estimate of drug-likeness (QED) is 0.750. The Balaban J connectivity index is 2.21. The molecule has 0 radical (unpaired) electrons. The minimum absolute atomic E-state index is 0.393. The zero-order chi connectivity index (χ0) is 10.1. The molecule has 0 N–H and O–H groups in total. The Morgan fingerprint density at radius 3 is 2.50 bits per heavy atom. The molecule has 2 nitrogen and oxygen atoms in total. The molecule has 0 amide bonds. The maximum atomic E-state index is 4.34. The summed E-state index contributed by atoms with van der Waals surface area (Å²) in [7, 11) is 2.01. The van der Waals surface area contributed by atoms with E-state index in [9.17, 15) is 0 Å². The molecule has 0 aliphatic carbocycles. The molecule has 0 aromatic heterocycles. The van der Waals surface area contributed by atoms with Crippen LogP contribution in [-0.2, 0) is 0 Å². The van der Waals surface area contributed by atoms with Crippen molar-refractivity contribution in [2.75, 3.05) is 7.05 Å². The third-order valence-corrected chi connectivity index (χ3v) is 3.02. The molecule has 1 unspecified atom stereocenters. The number of aryl methyl sites for hydroxylation is 1. The number of rotatable bonds is 1. The van der Waals surface area contributed by atoms with Gasteiger partial charge in [0.25, 0.3) is 0 Å². The molecule has 14 heavy (non-hydrogen) atoms. The summed E-state index contributed by atoms with van der Waals surface area (Å²) in [4.78, 5) is 0. The summed E-state index contributed by atoms with van der Waals surface area (Å²) in [6.07, 6.45) is 0.972. The molecule has 0 spiro atoms. The van der Waals surface area contributed by atoms with Crippen LogP contribution in [0.15, 0.2) is 29.4 Å². The highest BCUT2D eigenvalue weighted by molar-refractivity contribution is 9.18. The summed E-state index contributed by atoms with van der Waals surface area (Å²) in [5.41, 5.74) is 2.63. The second kappa shape index (κ2) is 3.73. The Morgan fingerprint density at radius 1 is 1.36 bits per heavy atom. The van der Waals surface area contributed by atoms with Crippen molar-refractivity contribution in [1.29, 1.82) is 0 Å². The Labute approximate surface area is 92.7 Å². The first kappa shape index (κ1) is 9.71. The molecule has 1 aromatic rings. The van der Waals surface area contributed by atoms with Crippen LogP contribution in [-0.4, -0.2) is 16.7 Å². The SMILES string of the molecule is Cc1ccc(C2CC(Br)=NN2C)cc1. The van der Waals surface area contributed by atoms with Crippen LogP contribution in [0, 0.1) is 6.92 Å². The first-order chi connectivity index (χ1) is 6.66. The minimum Gasteiger partial charge on any atom is -0.291 e. The summed E-state index contributed by atoms with van der Waals surface area (Å²) in [5.74, 6) is 0. The van der Waals surface area contributed by atoms with E-state index in [-0.39, 0.29) is 0 Å². The first-order valence-electron chi connectivity index (χ1n) is 4.69. The van der Waals surface area contributed by atoms with Gasteiger partial charge in [0.15, 0.2) is 0 Å². The van der Waals surface area contributed by atoms with E-state index in [4.69, 9.17) is 0 Å². The molecular formula is C11H13BrN2. The molecular weight excluding hydrogens is 240 g/mol. The van der Waals surface area contributed by atoms with Gasteiger partial charge < -0.3 is 0 Å². The van der Waals surface area contributed by atoms with E-state index in [0.717, 1.165) is 11.0 Å². The first-order valence-corrected chi connectivity index (χ1v) is 5.48. The van der Waals surface area contributed by atoms with Gasteiger partial charge in [-0.2, -0.15) is 5.10 Å². The molecule has 0 saturated carbocycles. The Kier molecular flexibility index (Phi) is 2.59. The molecule has 1 aromatic carbocycles. The van der Waals surface area contributed by atoms with E-state index < -0.39 is 0 Å². The van der Waals surface area contributed by atoms with Crippen molar-refractivity contribution in [2.24, 2.45) is 5.10 Å². The van der Waals surface area contributed by atoms with Crippen LogP contribution in [0.1, 0.15) is 23.6 Å². The monoisotopic (exact) mass is 252 g/mol. The maximum absolute atomic E-state index is 4.34. The van der Waals surface area contributed by atoms with Gasteiger partial charge >= 0.3 is 0 Å². The molecule has 1 aliphatic heterocycles. The summed E-state index contributed by atoms with van der Waals surface area (Å²) in [6, 6.07) is 9.05. The fourth-order valence-electron chi connectivity index (χ4n) is 1.70. The number of halogens is 1. The van der Waals surface area contributed by atoms with E-state index >= 15 is 0 Å². The number of hydrogen-bond donors (Lipinski definition) is 0. The second-order valence-electron chi connectivity index (χ2n) is 3.68. The van der Waals surface area contributed by atoms with E-state index in [1.54, 1.807) is 0 Å². The van der Waals surface area contributed by atoms with Gasteiger partial charge in [-0.25, -0.2) is 0 Å². The number of hydrogen-bond acceptors (Lipinski definition) is 2. The van der Waals surface area contributed by atoms with E-state index in [0.29, 0.717) is 6.04 Å². The number of nitrogens with zero attached hydrogens (tertiary/aromatic N) is 2. The minimum atomic E-state index is 0.393. The van der Waals surface area contributed by atoms with E-state index in [1.807, 2.05) is 12.1 Å². The predicted molar refractivity (Wildman–Crippen MR) is 62.7 cm³/mol. The molecule has 1 aliphatic rings. The van der Waals surface area contributed by atoms with Gasteiger partial charge in [-0.1, -0.05) is 29.8 Å². The highest BCUT2D eigenvalue weighted by Crippen LogP contribution is 2.30. The van der Waals surface area contributed by atoms with Gasteiger partial charge in [-0.15, -0.1) is 0 Å². The van der Waals surface area contributed by atoms with Crippen molar-refractivity contribution in [3.63, 3.8) is 0 Å². The van der Waals surface area contributed by atoms with Gasteiger partial charge in [-0.3, -0.25) is 5.01 Å². The smallest absolute Gasteiger partial charge is 0.105 e. The molecule has 0 saturated heterocycles. The molecule has 74 valence electrons. The van der Waals surface area contributed by atoms with Crippen LogP contribution in [0.25, 0.3) is 0 Å². The third kappa shape index (κ3) is 1.82. The Bertz CT molecular complexity index is 356. The van der Waals surface area contributed by atoms with Gasteiger partial charge in [0.05, 0.1) is 6.04 Å². The van der Waals surface area contributed by atoms with Gasteiger partial charge in [-0.05, 0) is 28.4 Å². The van der Waals surface area contributed by atoms with E-state index in [1.165, 1.54) is 11.1 Å². The van der Waals surface area contributed by atoms with Crippen LogP contribution in [0.3, 0.4) is 0 Å². The summed E-state index contributed by atoms with van der Waals surface area (Å²) in [6.45, 7) is 2.11. The summed E-state index contributed by atoms with van der Waals surface area (Å²) < 4.78 is 1.03. The highest BCUT2D eigenvalue weighted by Gasteiger charge is 2.23. The van der Waals surface area contributed by atoms with Crippen molar-refractivity contribution in [3.05, 3.63) is 35.4 Å². The van der Waals surface area contributed by atoms with Crippen molar-refractivity contribution < 1.29 is 0 Å². The van der Waals surface area contributed by atoms with Crippen molar-refractivity contribution in [3.8, 4) is 0 Å². The van der Waals surface area contributed by atoms with Crippen LogP contribution in [0.4, 0.5) is 0 Å². The fourth-order valence-corrected chi connectivity index (χ4v) is 2.25. The van der Waals surface area contributed by atoms with Crippen LogP contribution < -0.4 is 0 Å². The Morgan fingerprint density at radius 2 is 2.00 bits per heavy atom. The Hall–Kier alpha value is -0.830. The largest absolute Gasteiger partial charge is 0.291 e. The van der Waals surface area contributed by atoms with Crippen molar-refractivity contribution in [2.45, 2.75) is 19.4 Å².